The fraction of sp³-hybridized carbons (Fsp3) is 0.357. The Hall–Kier alpha value is -0.910. The summed E-state index contributed by atoms with van der Waals surface area (Å²) in [5.41, 5.74) is 0.311. The largest absolute Gasteiger partial charge is 0.462 e. The van der Waals surface area contributed by atoms with Gasteiger partial charge in [-0.3, -0.25) is 0 Å². The first-order valence-electron chi connectivity index (χ1n) is 5.82. The molecule has 0 aliphatic heterocycles. The predicted molar refractivity (Wildman–Crippen MR) is 78.0 cm³/mol. The number of hydrogen-bond donors (Lipinski definition) is 0. The molecule has 0 N–H and O–H groups in total. The topological polar surface area (TPSA) is 26.3 Å². The number of carbonyl (C=O) groups excluding carboxylic acids is 1. The molecule has 1 unspecified atom stereocenters. The Morgan fingerprint density at radius 2 is 2.17 bits per heavy atom. The van der Waals surface area contributed by atoms with Crippen molar-refractivity contribution >= 4 is 28.6 Å². The molecule has 0 aromatic heterocycles. The van der Waals surface area contributed by atoms with Crippen molar-refractivity contribution in [3.63, 3.8) is 0 Å². The van der Waals surface area contributed by atoms with E-state index in [0.717, 1.165) is 16.4 Å². The van der Waals surface area contributed by atoms with Crippen molar-refractivity contribution < 1.29 is 13.9 Å². The SMILES string of the molecule is C=C(C(=O)OCCCC)C(F)c1ccccc1I. The van der Waals surface area contributed by atoms with Crippen molar-refractivity contribution in [3.05, 3.63) is 45.6 Å². The summed E-state index contributed by atoms with van der Waals surface area (Å²) in [6.07, 6.45) is 0.195. The lowest BCUT2D eigenvalue weighted by Crippen LogP contribution is -2.13. The van der Waals surface area contributed by atoms with Crippen molar-refractivity contribution in [1.82, 2.24) is 0 Å². The van der Waals surface area contributed by atoms with E-state index >= 15 is 0 Å². The first-order chi connectivity index (χ1) is 8.57. The average molecular weight is 362 g/mol. The van der Waals surface area contributed by atoms with Gasteiger partial charge in [0, 0.05) is 9.13 Å². The van der Waals surface area contributed by atoms with Gasteiger partial charge in [0.05, 0.1) is 12.2 Å². The lowest BCUT2D eigenvalue weighted by molar-refractivity contribution is -0.139. The zero-order chi connectivity index (χ0) is 13.5. The van der Waals surface area contributed by atoms with Crippen LogP contribution in [0.1, 0.15) is 31.5 Å². The van der Waals surface area contributed by atoms with Gasteiger partial charge >= 0.3 is 5.97 Å². The third-order valence-corrected chi connectivity index (χ3v) is 3.46. The minimum atomic E-state index is -1.51. The minimum absolute atomic E-state index is 0.143. The molecule has 0 aliphatic rings. The van der Waals surface area contributed by atoms with Gasteiger partial charge in [0.25, 0.3) is 0 Å². The van der Waals surface area contributed by atoms with E-state index in [2.05, 4.69) is 6.58 Å². The number of carbonyl (C=O) groups is 1. The highest BCUT2D eigenvalue weighted by molar-refractivity contribution is 14.1. The van der Waals surface area contributed by atoms with Crippen LogP contribution in [0.4, 0.5) is 4.39 Å². The summed E-state index contributed by atoms with van der Waals surface area (Å²) in [4.78, 5) is 11.6. The third kappa shape index (κ3) is 4.08. The van der Waals surface area contributed by atoms with Gasteiger partial charge in [-0.15, -0.1) is 0 Å². The van der Waals surface area contributed by atoms with Crippen LogP contribution < -0.4 is 0 Å². The molecule has 0 heterocycles. The van der Waals surface area contributed by atoms with E-state index in [-0.39, 0.29) is 5.57 Å². The highest BCUT2D eigenvalue weighted by atomic mass is 127. The van der Waals surface area contributed by atoms with Crippen molar-refractivity contribution in [2.45, 2.75) is 25.9 Å². The summed E-state index contributed by atoms with van der Waals surface area (Å²) < 4.78 is 19.9. The van der Waals surface area contributed by atoms with Crippen LogP contribution in [0.5, 0.6) is 0 Å². The van der Waals surface area contributed by atoms with Crippen molar-refractivity contribution in [2.24, 2.45) is 0 Å². The molecule has 0 aliphatic carbocycles. The Balaban J connectivity index is 2.67. The molecule has 2 nitrogen and oxygen atoms in total. The van der Waals surface area contributed by atoms with Crippen LogP contribution in [0.25, 0.3) is 0 Å². The summed E-state index contributed by atoms with van der Waals surface area (Å²) in [6, 6.07) is 7.00. The summed E-state index contributed by atoms with van der Waals surface area (Å²) in [5.74, 6) is -0.657. The van der Waals surface area contributed by atoms with E-state index < -0.39 is 12.1 Å². The first-order valence-corrected chi connectivity index (χ1v) is 6.90. The number of unbranched alkanes of at least 4 members (excludes halogenated alkanes) is 1. The summed E-state index contributed by atoms with van der Waals surface area (Å²) >= 11 is 2.03. The molecule has 1 rings (SSSR count). The quantitative estimate of drug-likeness (QED) is 0.328. The van der Waals surface area contributed by atoms with Crippen molar-refractivity contribution in [1.29, 1.82) is 0 Å². The molecule has 1 aromatic rings. The second kappa shape index (κ2) is 7.51. The second-order valence-electron chi connectivity index (χ2n) is 3.90. The van der Waals surface area contributed by atoms with E-state index in [1.54, 1.807) is 18.2 Å². The summed E-state index contributed by atoms with van der Waals surface area (Å²) in [5, 5.41) is 0. The van der Waals surface area contributed by atoms with Gasteiger partial charge in [0.2, 0.25) is 0 Å². The molecule has 1 aromatic carbocycles. The Morgan fingerprint density at radius 3 is 2.78 bits per heavy atom. The Kier molecular flexibility index (Phi) is 6.32. The molecule has 0 bridgehead atoms. The molecule has 0 fully saturated rings. The van der Waals surface area contributed by atoms with Crippen LogP contribution in [-0.4, -0.2) is 12.6 Å². The molecule has 0 radical (unpaired) electrons. The monoisotopic (exact) mass is 362 g/mol. The van der Waals surface area contributed by atoms with Crippen LogP contribution in [0.2, 0.25) is 0 Å². The van der Waals surface area contributed by atoms with Crippen molar-refractivity contribution in [2.75, 3.05) is 6.61 Å². The molecule has 0 amide bonds. The highest BCUT2D eigenvalue weighted by Crippen LogP contribution is 2.29. The van der Waals surface area contributed by atoms with Crippen LogP contribution in [-0.2, 0) is 9.53 Å². The number of esters is 1. The molecule has 0 saturated heterocycles. The smallest absolute Gasteiger partial charge is 0.336 e. The maximum absolute atomic E-state index is 14.1. The molecule has 0 spiro atoms. The maximum atomic E-state index is 14.1. The fourth-order valence-electron chi connectivity index (χ4n) is 1.37. The van der Waals surface area contributed by atoms with Gasteiger partial charge in [-0.05, 0) is 35.1 Å². The summed E-state index contributed by atoms with van der Waals surface area (Å²) in [6.45, 7) is 5.80. The first kappa shape index (κ1) is 15.1. The van der Waals surface area contributed by atoms with Gasteiger partial charge in [-0.2, -0.15) is 0 Å². The highest BCUT2D eigenvalue weighted by Gasteiger charge is 2.22. The van der Waals surface area contributed by atoms with Gasteiger partial charge in [0.15, 0.2) is 6.17 Å². The molecular weight excluding hydrogens is 346 g/mol. The Morgan fingerprint density at radius 1 is 1.50 bits per heavy atom. The number of benzene rings is 1. The Bertz CT molecular complexity index is 432. The molecule has 0 saturated carbocycles. The number of rotatable bonds is 6. The fourth-order valence-corrected chi connectivity index (χ4v) is 2.03. The van der Waals surface area contributed by atoms with E-state index in [4.69, 9.17) is 4.74 Å². The van der Waals surface area contributed by atoms with E-state index in [1.807, 2.05) is 35.6 Å². The molecule has 4 heteroatoms. The maximum Gasteiger partial charge on any atom is 0.336 e. The van der Waals surface area contributed by atoms with Gasteiger partial charge in [-0.25, -0.2) is 9.18 Å². The van der Waals surface area contributed by atoms with Gasteiger partial charge in [-0.1, -0.05) is 38.1 Å². The van der Waals surface area contributed by atoms with Crippen LogP contribution in [0, 0.1) is 3.57 Å². The normalized spacial score (nSPS) is 11.9. The van der Waals surface area contributed by atoms with Crippen LogP contribution in [0.15, 0.2) is 36.4 Å². The third-order valence-electron chi connectivity index (χ3n) is 2.48. The number of hydrogen-bond acceptors (Lipinski definition) is 2. The summed E-state index contributed by atoms with van der Waals surface area (Å²) in [7, 11) is 0. The molecule has 1 atom stereocenters. The predicted octanol–water partition coefficient (Wildman–Crippen LogP) is 4.20. The minimum Gasteiger partial charge on any atom is -0.462 e. The number of halogens is 2. The number of ether oxygens (including phenoxy) is 1. The number of alkyl halides is 1. The van der Waals surface area contributed by atoms with E-state index in [9.17, 15) is 9.18 Å². The van der Waals surface area contributed by atoms with Gasteiger partial charge < -0.3 is 4.74 Å². The van der Waals surface area contributed by atoms with Gasteiger partial charge in [0.1, 0.15) is 0 Å². The Labute approximate surface area is 120 Å². The second-order valence-corrected chi connectivity index (χ2v) is 5.06. The molecule has 18 heavy (non-hydrogen) atoms. The van der Waals surface area contributed by atoms with Crippen LogP contribution >= 0.6 is 22.6 Å². The zero-order valence-electron chi connectivity index (χ0n) is 10.3. The lowest BCUT2D eigenvalue weighted by Gasteiger charge is -2.12. The molecular formula is C14H16FIO2. The van der Waals surface area contributed by atoms with Crippen molar-refractivity contribution in [3.8, 4) is 0 Å². The average Bonchev–Trinajstić information content (AvgIpc) is 2.38. The molecule has 98 valence electrons. The standard InChI is InChI=1S/C14H16FIO2/c1-3-4-9-18-14(17)10(2)13(15)11-7-5-6-8-12(11)16/h5-8,13H,2-4,9H2,1H3. The zero-order valence-corrected chi connectivity index (χ0v) is 12.4. The van der Waals surface area contributed by atoms with E-state index in [1.165, 1.54) is 0 Å². The van der Waals surface area contributed by atoms with Crippen LogP contribution in [0.3, 0.4) is 0 Å². The lowest BCUT2D eigenvalue weighted by atomic mass is 10.0. The van der Waals surface area contributed by atoms with E-state index in [0.29, 0.717) is 12.2 Å².